The van der Waals surface area contributed by atoms with Gasteiger partial charge < -0.3 is 14.5 Å². The Morgan fingerprint density at radius 2 is 1.77 bits per heavy atom. The van der Waals surface area contributed by atoms with Crippen LogP contribution in [0.2, 0.25) is 0 Å². The van der Waals surface area contributed by atoms with E-state index in [0.717, 1.165) is 36.0 Å². The van der Waals surface area contributed by atoms with Crippen LogP contribution in [0.25, 0.3) is 10.9 Å². The molecular weight excluding hydrogens is 506 g/mol. The normalized spacial score (nSPS) is 18.2. The van der Waals surface area contributed by atoms with E-state index < -0.39 is 0 Å². The number of aromatic amines is 1. The number of halogens is 2. The zero-order chi connectivity index (χ0) is 27.4. The van der Waals surface area contributed by atoms with Gasteiger partial charge in [0.1, 0.15) is 18.2 Å². The molecule has 2 aliphatic rings. The Kier molecular flexibility index (Phi) is 6.08. The second-order valence-electron chi connectivity index (χ2n) is 10.8. The highest BCUT2D eigenvalue weighted by atomic mass is 19.1. The van der Waals surface area contributed by atoms with Crippen molar-refractivity contribution in [2.45, 2.75) is 38.5 Å². The van der Waals surface area contributed by atoms with Crippen molar-refractivity contribution in [2.24, 2.45) is 0 Å². The summed E-state index contributed by atoms with van der Waals surface area (Å²) in [6.07, 6.45) is 1.68. The first-order valence-electron chi connectivity index (χ1n) is 13.7. The first kappa shape index (κ1) is 24.9. The number of aromatic nitrogens is 1. The Morgan fingerprint density at radius 1 is 0.950 bits per heavy atom. The lowest BCUT2D eigenvalue weighted by Crippen LogP contribution is -2.43. The third kappa shape index (κ3) is 4.14. The number of ether oxygens (including phenoxy) is 2. The molecular formula is C34H30F2N2O2. The van der Waals surface area contributed by atoms with Crippen LogP contribution in [0, 0.1) is 18.6 Å². The fourth-order valence-corrected chi connectivity index (χ4v) is 6.50. The fraction of sp³-hybridized carbons (Fsp3) is 0.235. The second kappa shape index (κ2) is 9.79. The predicted molar refractivity (Wildman–Crippen MR) is 152 cm³/mol. The van der Waals surface area contributed by atoms with Gasteiger partial charge in [-0.1, -0.05) is 42.5 Å². The molecule has 2 aliphatic heterocycles. The summed E-state index contributed by atoms with van der Waals surface area (Å²) in [5, 5.41) is 1.23. The number of benzene rings is 4. The van der Waals surface area contributed by atoms with Crippen molar-refractivity contribution in [3.63, 3.8) is 0 Å². The zero-order valence-electron chi connectivity index (χ0n) is 22.5. The van der Waals surface area contributed by atoms with Gasteiger partial charge in [-0.2, -0.15) is 0 Å². The van der Waals surface area contributed by atoms with Crippen molar-refractivity contribution in [1.82, 2.24) is 9.88 Å². The molecule has 1 aromatic heterocycles. The summed E-state index contributed by atoms with van der Waals surface area (Å²) >= 11 is 0. The lowest BCUT2D eigenvalue weighted by atomic mass is 9.80. The molecule has 0 amide bonds. The molecule has 0 spiro atoms. The van der Waals surface area contributed by atoms with Crippen LogP contribution in [-0.2, 0) is 19.4 Å². The lowest BCUT2D eigenvalue weighted by Gasteiger charge is -2.46. The van der Waals surface area contributed by atoms with E-state index >= 15 is 0 Å². The number of fused-ring (bicyclic) bond motifs is 6. The van der Waals surface area contributed by atoms with Gasteiger partial charge in [0.25, 0.3) is 0 Å². The number of H-pyrrole nitrogens is 1. The monoisotopic (exact) mass is 536 g/mol. The number of para-hydroxylation sites is 1. The minimum absolute atomic E-state index is 0.0265. The maximum absolute atomic E-state index is 14.5. The highest BCUT2D eigenvalue weighted by Crippen LogP contribution is 2.49. The van der Waals surface area contributed by atoms with Crippen molar-refractivity contribution >= 4 is 10.9 Å². The topological polar surface area (TPSA) is 37.5 Å². The van der Waals surface area contributed by atoms with Gasteiger partial charge in [0.15, 0.2) is 11.5 Å². The molecule has 2 atom stereocenters. The molecule has 0 radical (unpaired) electrons. The van der Waals surface area contributed by atoms with E-state index in [9.17, 15) is 8.78 Å². The summed E-state index contributed by atoms with van der Waals surface area (Å²) in [5.41, 5.74) is 8.47. The van der Waals surface area contributed by atoms with E-state index in [1.54, 1.807) is 25.3 Å². The minimum atomic E-state index is -0.267. The lowest BCUT2D eigenvalue weighted by molar-refractivity contribution is 0.127. The predicted octanol–water partition coefficient (Wildman–Crippen LogP) is 7.59. The maximum atomic E-state index is 14.5. The molecule has 2 unspecified atom stereocenters. The third-order valence-electron chi connectivity index (χ3n) is 8.45. The Bertz CT molecular complexity index is 1730. The zero-order valence-corrected chi connectivity index (χ0v) is 22.5. The average Bonchev–Trinajstić information content (AvgIpc) is 3.34. The first-order valence-corrected chi connectivity index (χ1v) is 13.7. The van der Waals surface area contributed by atoms with Crippen molar-refractivity contribution < 1.29 is 18.3 Å². The number of rotatable bonds is 5. The summed E-state index contributed by atoms with van der Waals surface area (Å²) in [4.78, 5) is 6.22. The van der Waals surface area contributed by atoms with Crippen LogP contribution in [0.5, 0.6) is 11.5 Å². The van der Waals surface area contributed by atoms with E-state index in [0.29, 0.717) is 17.1 Å². The number of nitrogens with one attached hydrogen (secondary N) is 1. The minimum Gasteiger partial charge on any atom is -0.493 e. The van der Waals surface area contributed by atoms with Gasteiger partial charge >= 0.3 is 0 Å². The summed E-state index contributed by atoms with van der Waals surface area (Å²) in [6.45, 7) is 2.84. The van der Waals surface area contributed by atoms with E-state index in [1.165, 1.54) is 33.8 Å². The van der Waals surface area contributed by atoms with Gasteiger partial charge in [-0.25, -0.2) is 8.78 Å². The van der Waals surface area contributed by atoms with Gasteiger partial charge in [0, 0.05) is 34.7 Å². The molecule has 0 aliphatic carbocycles. The number of methoxy groups -OCH3 is 1. The smallest absolute Gasteiger partial charge is 0.161 e. The van der Waals surface area contributed by atoms with Crippen molar-refractivity contribution in [3.8, 4) is 11.5 Å². The molecule has 5 aromatic rings. The van der Waals surface area contributed by atoms with Gasteiger partial charge in [-0.05, 0) is 84.0 Å². The highest BCUT2D eigenvalue weighted by Gasteiger charge is 2.41. The molecule has 40 heavy (non-hydrogen) atoms. The molecule has 0 saturated heterocycles. The summed E-state index contributed by atoms with van der Waals surface area (Å²) in [6, 6.07) is 24.7. The summed E-state index contributed by atoms with van der Waals surface area (Å²) < 4.78 is 40.3. The standard InChI is InChI=1S/C34H30F2N2O2/c1-20-7-8-23(28(36)15-20)19-40-32-16-22-13-14-38-30(26(22)18-31(32)39-2)17-27-25-5-3-4-6-29(25)37-33(27)34(38)21-9-11-24(35)12-10-21/h3-12,15-16,18,30,34,37H,13-14,17,19H2,1-2H3. The quantitative estimate of drug-likeness (QED) is 0.252. The van der Waals surface area contributed by atoms with Crippen molar-refractivity contribution in [2.75, 3.05) is 13.7 Å². The van der Waals surface area contributed by atoms with Crippen LogP contribution in [0.15, 0.2) is 78.9 Å². The van der Waals surface area contributed by atoms with Crippen LogP contribution in [-0.4, -0.2) is 23.5 Å². The highest BCUT2D eigenvalue weighted by molar-refractivity contribution is 5.85. The van der Waals surface area contributed by atoms with Gasteiger partial charge in [-0.15, -0.1) is 0 Å². The van der Waals surface area contributed by atoms with Gasteiger partial charge in [-0.3, -0.25) is 4.90 Å². The average molecular weight is 537 g/mol. The SMILES string of the molecule is COc1cc2c(cc1OCc1ccc(C)cc1F)CCN1C2Cc2c([nH]c3ccccc23)C1c1ccc(F)cc1. The molecule has 4 nitrogen and oxygen atoms in total. The number of aryl methyl sites for hydroxylation is 1. The van der Waals surface area contributed by atoms with Gasteiger partial charge in [0.05, 0.1) is 13.2 Å². The molecule has 202 valence electrons. The van der Waals surface area contributed by atoms with Crippen molar-refractivity contribution in [1.29, 1.82) is 0 Å². The van der Waals surface area contributed by atoms with Crippen molar-refractivity contribution in [3.05, 3.63) is 130 Å². The Labute approximate surface area is 232 Å². The van der Waals surface area contributed by atoms with Crippen LogP contribution >= 0.6 is 0 Å². The maximum Gasteiger partial charge on any atom is 0.161 e. The van der Waals surface area contributed by atoms with Crippen LogP contribution in [0.3, 0.4) is 0 Å². The largest absolute Gasteiger partial charge is 0.493 e. The van der Waals surface area contributed by atoms with E-state index in [2.05, 4.69) is 46.3 Å². The molecule has 7 rings (SSSR count). The first-order chi connectivity index (χ1) is 19.5. The van der Waals surface area contributed by atoms with E-state index in [4.69, 9.17) is 9.47 Å². The molecule has 0 fully saturated rings. The van der Waals surface area contributed by atoms with Crippen LogP contribution in [0.1, 0.15) is 51.2 Å². The van der Waals surface area contributed by atoms with E-state index in [1.807, 2.05) is 25.1 Å². The Morgan fingerprint density at radius 3 is 2.58 bits per heavy atom. The van der Waals surface area contributed by atoms with Crippen LogP contribution in [0.4, 0.5) is 8.78 Å². The Hall–Kier alpha value is -4.16. The Balaban J connectivity index is 1.29. The number of hydrogen-bond donors (Lipinski definition) is 1. The number of hydrogen-bond acceptors (Lipinski definition) is 3. The molecule has 4 aromatic carbocycles. The third-order valence-corrected chi connectivity index (χ3v) is 8.45. The van der Waals surface area contributed by atoms with E-state index in [-0.39, 0.29) is 30.3 Å². The molecule has 0 saturated carbocycles. The van der Waals surface area contributed by atoms with Gasteiger partial charge in [0.2, 0.25) is 0 Å². The second-order valence-corrected chi connectivity index (χ2v) is 10.8. The molecule has 1 N–H and O–H groups in total. The number of nitrogens with zero attached hydrogens (tertiary/aromatic N) is 1. The molecule has 0 bridgehead atoms. The van der Waals surface area contributed by atoms with Crippen LogP contribution < -0.4 is 9.47 Å². The summed E-state index contributed by atoms with van der Waals surface area (Å²) in [7, 11) is 1.64. The molecule has 6 heteroatoms. The summed E-state index contributed by atoms with van der Waals surface area (Å²) in [5.74, 6) is 0.750. The molecule has 3 heterocycles. The fourth-order valence-electron chi connectivity index (χ4n) is 6.50.